The van der Waals surface area contributed by atoms with E-state index in [0.29, 0.717) is 26.0 Å². The van der Waals surface area contributed by atoms with Gasteiger partial charge in [0.2, 0.25) is 11.8 Å². The molecule has 0 radical (unpaired) electrons. The number of amides is 2. The number of benzene rings is 2. The SMILES string of the molecule is Cc1ccccc1OCCCC(=O)Nc1ccc(CNC(=O)C2CCCN2)cc1. The Hall–Kier alpha value is -2.86. The topological polar surface area (TPSA) is 79.5 Å². The maximum Gasteiger partial charge on any atom is 0.237 e. The minimum Gasteiger partial charge on any atom is -0.493 e. The average molecular weight is 396 g/mol. The number of aryl methyl sites for hydroxylation is 1. The summed E-state index contributed by atoms with van der Waals surface area (Å²) in [6.07, 6.45) is 2.99. The van der Waals surface area contributed by atoms with Gasteiger partial charge in [0.25, 0.3) is 0 Å². The van der Waals surface area contributed by atoms with E-state index in [-0.39, 0.29) is 17.9 Å². The molecule has 0 saturated carbocycles. The molecule has 6 heteroatoms. The summed E-state index contributed by atoms with van der Waals surface area (Å²) in [5.41, 5.74) is 2.84. The first-order valence-electron chi connectivity index (χ1n) is 10.2. The van der Waals surface area contributed by atoms with E-state index < -0.39 is 0 Å². The monoisotopic (exact) mass is 395 g/mol. The molecule has 2 aromatic rings. The van der Waals surface area contributed by atoms with E-state index in [1.165, 1.54) is 0 Å². The molecule has 2 aromatic carbocycles. The smallest absolute Gasteiger partial charge is 0.237 e. The number of ether oxygens (including phenoxy) is 1. The molecule has 0 bridgehead atoms. The van der Waals surface area contributed by atoms with Crippen LogP contribution in [0.15, 0.2) is 48.5 Å². The van der Waals surface area contributed by atoms with Crippen LogP contribution in [-0.4, -0.2) is 31.0 Å². The van der Waals surface area contributed by atoms with Crippen molar-refractivity contribution in [3.05, 3.63) is 59.7 Å². The van der Waals surface area contributed by atoms with E-state index in [4.69, 9.17) is 4.74 Å². The molecule has 2 amide bonds. The zero-order chi connectivity index (χ0) is 20.5. The molecule has 1 unspecified atom stereocenters. The van der Waals surface area contributed by atoms with Crippen LogP contribution in [0.2, 0.25) is 0 Å². The van der Waals surface area contributed by atoms with E-state index in [0.717, 1.165) is 42.0 Å². The summed E-state index contributed by atoms with van der Waals surface area (Å²) in [5.74, 6) is 0.874. The summed E-state index contributed by atoms with van der Waals surface area (Å²) in [7, 11) is 0. The third-order valence-corrected chi connectivity index (χ3v) is 4.98. The molecule has 3 N–H and O–H groups in total. The number of anilines is 1. The van der Waals surface area contributed by atoms with Crippen molar-refractivity contribution in [2.24, 2.45) is 0 Å². The summed E-state index contributed by atoms with van der Waals surface area (Å²) in [4.78, 5) is 24.1. The Balaban J connectivity index is 1.35. The highest BCUT2D eigenvalue weighted by Crippen LogP contribution is 2.16. The van der Waals surface area contributed by atoms with Crippen LogP contribution in [0.4, 0.5) is 5.69 Å². The van der Waals surface area contributed by atoms with Crippen LogP contribution in [0.1, 0.15) is 36.8 Å². The fraction of sp³-hybridized carbons (Fsp3) is 0.391. The predicted molar refractivity (Wildman–Crippen MR) is 114 cm³/mol. The highest BCUT2D eigenvalue weighted by Gasteiger charge is 2.21. The Labute approximate surface area is 172 Å². The minimum absolute atomic E-state index is 0.0354. The molecule has 0 spiro atoms. The van der Waals surface area contributed by atoms with Crippen LogP contribution in [0.3, 0.4) is 0 Å². The van der Waals surface area contributed by atoms with E-state index in [2.05, 4.69) is 16.0 Å². The van der Waals surface area contributed by atoms with Gasteiger partial charge in [0.05, 0.1) is 12.6 Å². The molecule has 1 saturated heterocycles. The van der Waals surface area contributed by atoms with Crippen molar-refractivity contribution in [2.45, 2.75) is 45.2 Å². The van der Waals surface area contributed by atoms with E-state index >= 15 is 0 Å². The Morgan fingerprint density at radius 1 is 1.14 bits per heavy atom. The van der Waals surface area contributed by atoms with Crippen LogP contribution in [0.5, 0.6) is 5.75 Å². The first-order valence-corrected chi connectivity index (χ1v) is 10.2. The normalized spacial score (nSPS) is 15.7. The van der Waals surface area contributed by atoms with Crippen LogP contribution in [-0.2, 0) is 16.1 Å². The number of nitrogens with one attached hydrogen (secondary N) is 3. The van der Waals surface area contributed by atoms with Gasteiger partial charge >= 0.3 is 0 Å². The van der Waals surface area contributed by atoms with Crippen molar-refractivity contribution in [3.63, 3.8) is 0 Å². The maximum absolute atomic E-state index is 12.1. The van der Waals surface area contributed by atoms with Gasteiger partial charge in [0, 0.05) is 18.7 Å². The standard InChI is InChI=1S/C23H29N3O3/c1-17-6-2-3-8-21(17)29-15-5-9-22(27)26-19-12-10-18(11-13-19)16-25-23(28)20-7-4-14-24-20/h2-3,6,8,10-13,20,24H,4-5,7,9,14-16H2,1H3,(H,25,28)(H,26,27). The lowest BCUT2D eigenvalue weighted by molar-refractivity contribution is -0.123. The molecule has 1 heterocycles. The molecule has 3 rings (SSSR count). The van der Waals surface area contributed by atoms with Crippen LogP contribution >= 0.6 is 0 Å². The van der Waals surface area contributed by atoms with Crippen LogP contribution < -0.4 is 20.7 Å². The first kappa shape index (κ1) is 20.9. The Morgan fingerprint density at radius 3 is 2.66 bits per heavy atom. The third-order valence-electron chi connectivity index (χ3n) is 4.98. The molecule has 0 aliphatic carbocycles. The Morgan fingerprint density at radius 2 is 1.93 bits per heavy atom. The Kier molecular flexibility index (Phi) is 7.64. The summed E-state index contributed by atoms with van der Waals surface area (Å²) in [5, 5.41) is 9.03. The lowest BCUT2D eigenvalue weighted by Gasteiger charge is -2.12. The molecule has 6 nitrogen and oxygen atoms in total. The molecule has 1 aliphatic rings. The molecule has 29 heavy (non-hydrogen) atoms. The van der Waals surface area contributed by atoms with E-state index in [1.54, 1.807) is 0 Å². The number of hydrogen-bond donors (Lipinski definition) is 3. The fourth-order valence-corrected chi connectivity index (χ4v) is 3.28. The molecule has 154 valence electrons. The zero-order valence-electron chi connectivity index (χ0n) is 16.9. The highest BCUT2D eigenvalue weighted by molar-refractivity contribution is 5.90. The number of rotatable bonds is 9. The maximum atomic E-state index is 12.1. The van der Waals surface area contributed by atoms with Gasteiger partial charge in [0.15, 0.2) is 0 Å². The molecule has 1 fully saturated rings. The summed E-state index contributed by atoms with van der Waals surface area (Å²) in [6, 6.07) is 15.3. The molecular weight excluding hydrogens is 366 g/mol. The van der Waals surface area contributed by atoms with Gasteiger partial charge < -0.3 is 20.7 Å². The van der Waals surface area contributed by atoms with Gasteiger partial charge in [-0.05, 0) is 62.1 Å². The highest BCUT2D eigenvalue weighted by atomic mass is 16.5. The van der Waals surface area contributed by atoms with Gasteiger partial charge in [-0.1, -0.05) is 30.3 Å². The molecule has 1 atom stereocenters. The summed E-state index contributed by atoms with van der Waals surface area (Å²) >= 11 is 0. The summed E-state index contributed by atoms with van der Waals surface area (Å²) in [6.45, 7) is 3.90. The van der Waals surface area contributed by atoms with Crippen molar-refractivity contribution in [1.29, 1.82) is 0 Å². The lowest BCUT2D eigenvalue weighted by Crippen LogP contribution is -2.39. The fourth-order valence-electron chi connectivity index (χ4n) is 3.28. The van der Waals surface area contributed by atoms with E-state index in [9.17, 15) is 9.59 Å². The zero-order valence-corrected chi connectivity index (χ0v) is 16.9. The number of carbonyl (C=O) groups is 2. The lowest BCUT2D eigenvalue weighted by atomic mass is 10.1. The second-order valence-corrected chi connectivity index (χ2v) is 7.33. The second-order valence-electron chi connectivity index (χ2n) is 7.33. The quantitative estimate of drug-likeness (QED) is 0.570. The van der Waals surface area contributed by atoms with E-state index in [1.807, 2.05) is 55.5 Å². The Bertz CT molecular complexity index is 814. The van der Waals surface area contributed by atoms with Crippen LogP contribution in [0, 0.1) is 6.92 Å². The molecular formula is C23H29N3O3. The molecule has 1 aliphatic heterocycles. The third kappa shape index (κ3) is 6.61. The number of carbonyl (C=O) groups excluding carboxylic acids is 2. The second kappa shape index (κ2) is 10.6. The van der Waals surface area contributed by atoms with Crippen molar-refractivity contribution in [3.8, 4) is 5.75 Å². The van der Waals surface area contributed by atoms with Crippen molar-refractivity contribution < 1.29 is 14.3 Å². The van der Waals surface area contributed by atoms with Crippen LogP contribution in [0.25, 0.3) is 0 Å². The van der Waals surface area contributed by atoms with Gasteiger partial charge in [-0.25, -0.2) is 0 Å². The minimum atomic E-state index is -0.0663. The summed E-state index contributed by atoms with van der Waals surface area (Å²) < 4.78 is 5.72. The molecule has 0 aromatic heterocycles. The van der Waals surface area contributed by atoms with Crippen molar-refractivity contribution in [1.82, 2.24) is 10.6 Å². The van der Waals surface area contributed by atoms with Gasteiger partial charge in [-0.15, -0.1) is 0 Å². The van der Waals surface area contributed by atoms with Crippen molar-refractivity contribution >= 4 is 17.5 Å². The number of hydrogen-bond acceptors (Lipinski definition) is 4. The van der Waals surface area contributed by atoms with Crippen molar-refractivity contribution in [2.75, 3.05) is 18.5 Å². The largest absolute Gasteiger partial charge is 0.493 e. The first-order chi connectivity index (χ1) is 14.1. The predicted octanol–water partition coefficient (Wildman–Crippen LogP) is 3.16. The van der Waals surface area contributed by atoms with Gasteiger partial charge in [-0.3, -0.25) is 9.59 Å². The van der Waals surface area contributed by atoms with Gasteiger partial charge in [-0.2, -0.15) is 0 Å². The number of para-hydroxylation sites is 1. The van der Waals surface area contributed by atoms with Gasteiger partial charge in [0.1, 0.15) is 5.75 Å². The average Bonchev–Trinajstić information content (AvgIpc) is 3.27.